The van der Waals surface area contributed by atoms with Gasteiger partial charge in [0.1, 0.15) is 0 Å². The van der Waals surface area contributed by atoms with Gasteiger partial charge < -0.3 is 10.3 Å². The van der Waals surface area contributed by atoms with Gasteiger partial charge in [-0.1, -0.05) is 19.0 Å². The summed E-state index contributed by atoms with van der Waals surface area (Å²) in [5, 5.41) is 4.74. The lowest BCUT2D eigenvalue weighted by atomic mass is 10.2. The summed E-state index contributed by atoms with van der Waals surface area (Å²) in [7, 11) is 0. The maximum absolute atomic E-state index is 5.97. The smallest absolute Gasteiger partial charge is 0.260 e. The first-order valence-electron chi connectivity index (χ1n) is 6.03. The first-order chi connectivity index (χ1) is 8.74. The number of anilines is 1. The Hall–Kier alpha value is -1.01. The molecule has 0 aliphatic rings. The van der Waals surface area contributed by atoms with E-state index in [-0.39, 0.29) is 0 Å². The van der Waals surface area contributed by atoms with E-state index in [0.29, 0.717) is 5.89 Å². The van der Waals surface area contributed by atoms with E-state index in [4.69, 9.17) is 10.3 Å². The normalized spacial score (nSPS) is 11.0. The molecule has 18 heavy (non-hydrogen) atoms. The van der Waals surface area contributed by atoms with Crippen LogP contribution in [0.25, 0.3) is 11.5 Å². The van der Waals surface area contributed by atoms with Crippen LogP contribution in [-0.2, 0) is 12.2 Å². The molecule has 4 nitrogen and oxygen atoms in total. The van der Waals surface area contributed by atoms with Crippen LogP contribution in [0.1, 0.15) is 31.0 Å². The van der Waals surface area contributed by atoms with Gasteiger partial charge in [-0.15, -0.1) is 11.3 Å². The van der Waals surface area contributed by atoms with Gasteiger partial charge in [0.05, 0.1) is 16.3 Å². The van der Waals surface area contributed by atoms with E-state index in [1.54, 1.807) is 11.3 Å². The monoisotopic (exact) mass is 283 g/mol. The molecule has 0 radical (unpaired) electrons. The molecule has 0 unspecified atom stereocenters. The molecule has 0 fully saturated rings. The molecule has 0 saturated carbocycles. The molecule has 0 amide bonds. The van der Waals surface area contributed by atoms with Crippen molar-refractivity contribution in [2.75, 3.05) is 11.5 Å². The van der Waals surface area contributed by atoms with Gasteiger partial charge in [0.15, 0.2) is 5.82 Å². The van der Waals surface area contributed by atoms with Crippen LogP contribution in [0.5, 0.6) is 0 Å². The standard InChI is InChI=1S/C12H17N3OS2/c1-3-5-17-7-10-14-12(16-15-10)9-6-8(4-2)18-11(9)13/h6H,3-5,7,13H2,1-2H3. The highest BCUT2D eigenvalue weighted by molar-refractivity contribution is 7.98. The van der Waals surface area contributed by atoms with Crippen molar-refractivity contribution in [2.45, 2.75) is 32.4 Å². The number of thioether (sulfide) groups is 1. The van der Waals surface area contributed by atoms with E-state index in [2.05, 4.69) is 24.0 Å². The number of nitrogens with zero attached hydrogens (tertiary/aromatic N) is 2. The fraction of sp³-hybridized carbons (Fsp3) is 0.500. The summed E-state index contributed by atoms with van der Waals surface area (Å²) >= 11 is 3.40. The Balaban J connectivity index is 2.11. The zero-order valence-corrected chi connectivity index (χ0v) is 12.2. The summed E-state index contributed by atoms with van der Waals surface area (Å²) in [4.78, 5) is 5.63. The zero-order valence-electron chi connectivity index (χ0n) is 10.6. The van der Waals surface area contributed by atoms with Crippen molar-refractivity contribution in [3.8, 4) is 11.5 Å². The van der Waals surface area contributed by atoms with Gasteiger partial charge in [-0.05, 0) is 24.7 Å². The Kier molecular flexibility index (Phi) is 4.66. The van der Waals surface area contributed by atoms with Gasteiger partial charge in [0.25, 0.3) is 5.89 Å². The summed E-state index contributed by atoms with van der Waals surface area (Å²) in [6.45, 7) is 4.27. The second-order valence-corrected chi connectivity index (χ2v) is 6.19. The Morgan fingerprint density at radius 2 is 2.28 bits per heavy atom. The van der Waals surface area contributed by atoms with Crippen LogP contribution in [-0.4, -0.2) is 15.9 Å². The molecule has 6 heteroatoms. The number of nitrogen functional groups attached to an aromatic ring is 1. The lowest BCUT2D eigenvalue weighted by molar-refractivity contribution is 0.425. The average molecular weight is 283 g/mol. The molecule has 2 N–H and O–H groups in total. The Labute approximate surface area is 115 Å². The summed E-state index contributed by atoms with van der Waals surface area (Å²) in [6, 6.07) is 2.04. The summed E-state index contributed by atoms with van der Waals surface area (Å²) < 4.78 is 5.27. The van der Waals surface area contributed by atoms with Gasteiger partial charge in [-0.3, -0.25) is 0 Å². The third-order valence-corrected chi connectivity index (χ3v) is 4.71. The summed E-state index contributed by atoms with van der Waals surface area (Å²) in [5.41, 5.74) is 6.84. The van der Waals surface area contributed by atoms with Crippen molar-refractivity contribution in [3.05, 3.63) is 16.8 Å². The fourth-order valence-corrected chi connectivity index (χ4v) is 3.12. The molecular weight excluding hydrogens is 266 g/mol. The highest BCUT2D eigenvalue weighted by atomic mass is 32.2. The van der Waals surface area contributed by atoms with Crippen LogP contribution in [0.3, 0.4) is 0 Å². The molecule has 2 aromatic rings. The molecule has 0 atom stereocenters. The topological polar surface area (TPSA) is 64.9 Å². The van der Waals surface area contributed by atoms with Crippen LogP contribution in [0.4, 0.5) is 5.00 Å². The van der Waals surface area contributed by atoms with Crippen molar-refractivity contribution in [2.24, 2.45) is 0 Å². The van der Waals surface area contributed by atoms with Gasteiger partial charge in [-0.2, -0.15) is 16.7 Å². The van der Waals surface area contributed by atoms with Crippen LogP contribution in [0.15, 0.2) is 10.6 Å². The predicted molar refractivity (Wildman–Crippen MR) is 77.9 cm³/mol. The fourth-order valence-electron chi connectivity index (χ4n) is 1.53. The van der Waals surface area contributed by atoms with Gasteiger partial charge in [0.2, 0.25) is 0 Å². The third-order valence-electron chi connectivity index (χ3n) is 2.44. The number of thiophene rings is 1. The van der Waals surface area contributed by atoms with Crippen molar-refractivity contribution >= 4 is 28.1 Å². The molecule has 0 aliphatic heterocycles. The van der Waals surface area contributed by atoms with E-state index in [1.165, 1.54) is 4.88 Å². The molecule has 2 aromatic heterocycles. The number of nitrogens with two attached hydrogens (primary N) is 1. The summed E-state index contributed by atoms with van der Waals surface area (Å²) in [5.74, 6) is 3.19. The lowest BCUT2D eigenvalue weighted by Crippen LogP contribution is -1.86. The van der Waals surface area contributed by atoms with E-state index in [9.17, 15) is 0 Å². The van der Waals surface area contributed by atoms with Crippen molar-refractivity contribution in [1.29, 1.82) is 0 Å². The highest BCUT2D eigenvalue weighted by Gasteiger charge is 2.14. The molecule has 0 bridgehead atoms. The molecule has 0 aliphatic carbocycles. The number of aromatic nitrogens is 2. The van der Waals surface area contributed by atoms with Crippen molar-refractivity contribution < 1.29 is 4.52 Å². The van der Waals surface area contributed by atoms with Crippen molar-refractivity contribution in [1.82, 2.24) is 10.1 Å². The van der Waals surface area contributed by atoms with Gasteiger partial charge in [-0.25, -0.2) is 0 Å². The molecule has 0 saturated heterocycles. The zero-order chi connectivity index (χ0) is 13.0. The van der Waals surface area contributed by atoms with E-state index >= 15 is 0 Å². The minimum Gasteiger partial charge on any atom is -0.390 e. The maximum Gasteiger partial charge on any atom is 0.260 e. The van der Waals surface area contributed by atoms with Crippen LogP contribution >= 0.6 is 23.1 Å². The third kappa shape index (κ3) is 3.05. The van der Waals surface area contributed by atoms with Gasteiger partial charge in [0, 0.05) is 4.88 Å². The maximum atomic E-state index is 5.97. The molecule has 98 valence electrons. The first-order valence-corrected chi connectivity index (χ1v) is 8.00. The van der Waals surface area contributed by atoms with E-state index in [1.807, 2.05) is 17.8 Å². The minimum absolute atomic E-state index is 0.538. The lowest BCUT2D eigenvalue weighted by Gasteiger charge is -1.92. The molecule has 0 spiro atoms. The molecular formula is C12H17N3OS2. The Morgan fingerprint density at radius 1 is 1.44 bits per heavy atom. The number of hydrogen-bond donors (Lipinski definition) is 1. The number of hydrogen-bond acceptors (Lipinski definition) is 6. The molecule has 2 rings (SSSR count). The SMILES string of the molecule is CCCSCc1noc(-c2cc(CC)sc2N)n1. The quantitative estimate of drug-likeness (QED) is 0.821. The first kappa shape index (κ1) is 13.4. The molecule has 0 aromatic carbocycles. The number of aryl methyl sites for hydroxylation is 1. The van der Waals surface area contributed by atoms with Crippen LogP contribution < -0.4 is 5.73 Å². The second-order valence-electron chi connectivity index (χ2n) is 3.91. The predicted octanol–water partition coefficient (Wildman–Crippen LogP) is 3.59. The highest BCUT2D eigenvalue weighted by Crippen LogP contribution is 2.33. The minimum atomic E-state index is 0.538. The number of rotatable bonds is 6. The van der Waals surface area contributed by atoms with E-state index in [0.717, 1.165) is 40.7 Å². The van der Waals surface area contributed by atoms with Crippen LogP contribution in [0, 0.1) is 0 Å². The van der Waals surface area contributed by atoms with Gasteiger partial charge >= 0.3 is 0 Å². The second kappa shape index (κ2) is 6.24. The molecule has 2 heterocycles. The van der Waals surface area contributed by atoms with Crippen molar-refractivity contribution in [3.63, 3.8) is 0 Å². The largest absolute Gasteiger partial charge is 0.390 e. The van der Waals surface area contributed by atoms with Crippen LogP contribution in [0.2, 0.25) is 0 Å². The Bertz CT molecular complexity index is 507. The van der Waals surface area contributed by atoms with E-state index < -0.39 is 0 Å². The summed E-state index contributed by atoms with van der Waals surface area (Å²) in [6.07, 6.45) is 2.13. The average Bonchev–Trinajstić information content (AvgIpc) is 2.96. The Morgan fingerprint density at radius 3 is 2.94 bits per heavy atom.